The Morgan fingerprint density at radius 2 is 1.57 bits per heavy atom. The fourth-order valence-corrected chi connectivity index (χ4v) is 12.4. The van der Waals surface area contributed by atoms with Gasteiger partial charge in [-0.3, -0.25) is 14.4 Å². The first-order valence-electron chi connectivity index (χ1n) is 28.2. The lowest BCUT2D eigenvalue weighted by Gasteiger charge is -2.48. The number of methoxy groups -OCH3 is 2. The summed E-state index contributed by atoms with van der Waals surface area (Å²) in [6, 6.07) is 9.55. The van der Waals surface area contributed by atoms with E-state index in [2.05, 4.69) is 46.4 Å². The normalized spacial score (nSPS) is 40.4. The van der Waals surface area contributed by atoms with Gasteiger partial charge in [0.2, 0.25) is 0 Å². The molecule has 0 saturated carbocycles. The van der Waals surface area contributed by atoms with Gasteiger partial charge >= 0.3 is 5.97 Å². The van der Waals surface area contributed by atoms with Crippen molar-refractivity contribution < 1.29 is 77.1 Å². The van der Waals surface area contributed by atoms with Gasteiger partial charge in [-0.1, -0.05) is 107 Å². The monoisotopic (exact) mass is 1100 g/mol. The summed E-state index contributed by atoms with van der Waals surface area (Å²) in [6.45, 7) is 19.8. The van der Waals surface area contributed by atoms with Gasteiger partial charge in [-0.15, -0.1) is 6.58 Å². The van der Waals surface area contributed by atoms with E-state index in [1.165, 1.54) is 18.2 Å². The van der Waals surface area contributed by atoms with Gasteiger partial charge in [0.1, 0.15) is 42.0 Å². The largest absolute Gasteiger partial charge is 0.462 e. The molecule has 1 spiro atoms. The highest BCUT2D eigenvalue weighted by atomic mass is 16.7. The molecule has 8 aliphatic rings. The smallest absolute Gasteiger partial charge is 0.316 e. The van der Waals surface area contributed by atoms with E-state index in [0.29, 0.717) is 48.8 Å². The highest BCUT2D eigenvalue weighted by Gasteiger charge is 2.60. The first kappa shape index (κ1) is 60.6. The number of benzene rings is 1. The molecule has 0 radical (unpaired) electrons. The van der Waals surface area contributed by atoms with E-state index in [4.69, 9.17) is 47.4 Å². The van der Waals surface area contributed by atoms with Crippen molar-refractivity contribution in [2.75, 3.05) is 20.8 Å². The molecule has 6 aliphatic heterocycles. The van der Waals surface area contributed by atoms with Gasteiger partial charge in [0.15, 0.2) is 29.9 Å². The molecule has 0 aromatic heterocycles. The van der Waals surface area contributed by atoms with Gasteiger partial charge in [0.05, 0.1) is 49.3 Å². The molecule has 0 amide bonds. The number of esters is 1. The van der Waals surface area contributed by atoms with E-state index >= 15 is 0 Å². The Bertz CT molecular complexity index is 2550. The number of hydrogen-bond acceptors (Lipinski definition) is 16. The third-order valence-corrected chi connectivity index (χ3v) is 17.2. The van der Waals surface area contributed by atoms with Crippen LogP contribution in [0.2, 0.25) is 0 Å². The van der Waals surface area contributed by atoms with Crippen LogP contribution < -0.4 is 0 Å². The lowest BCUT2D eigenvalue weighted by molar-refractivity contribution is -0.318. The molecule has 1 aromatic carbocycles. The Hall–Kier alpha value is -4.53. The van der Waals surface area contributed by atoms with Crippen molar-refractivity contribution in [3.8, 4) is 0 Å². The maximum Gasteiger partial charge on any atom is 0.316 e. The Kier molecular flexibility index (Phi) is 20.0. The van der Waals surface area contributed by atoms with Crippen molar-refractivity contribution in [1.82, 2.24) is 0 Å². The van der Waals surface area contributed by atoms with Gasteiger partial charge in [0.25, 0.3) is 0 Å². The molecule has 9 rings (SSSR count). The van der Waals surface area contributed by atoms with Crippen LogP contribution in [0, 0.1) is 23.7 Å². The van der Waals surface area contributed by atoms with Crippen molar-refractivity contribution in [3.05, 3.63) is 132 Å². The van der Waals surface area contributed by atoms with Crippen LogP contribution >= 0.6 is 0 Å². The number of aliphatic hydroxyl groups is 3. The van der Waals surface area contributed by atoms with Crippen LogP contribution in [0.5, 0.6) is 0 Å². The van der Waals surface area contributed by atoms with Crippen molar-refractivity contribution in [3.63, 3.8) is 0 Å². The van der Waals surface area contributed by atoms with Crippen LogP contribution in [0.3, 0.4) is 0 Å². The van der Waals surface area contributed by atoms with Crippen molar-refractivity contribution >= 4 is 17.5 Å². The molecule has 6 heterocycles. The molecule has 4 fully saturated rings. The molecular weight excluding hydrogens is 1010 g/mol. The Morgan fingerprint density at radius 3 is 2.28 bits per heavy atom. The molecule has 79 heavy (non-hydrogen) atoms. The zero-order valence-electron chi connectivity index (χ0n) is 47.5. The van der Waals surface area contributed by atoms with Crippen LogP contribution in [-0.4, -0.2) is 151 Å². The number of hydrogen-bond donors (Lipinski definition) is 3. The first-order chi connectivity index (χ1) is 37.7. The van der Waals surface area contributed by atoms with Crippen LogP contribution in [0.1, 0.15) is 105 Å². The van der Waals surface area contributed by atoms with Gasteiger partial charge in [-0.05, 0) is 86.6 Å². The summed E-state index contributed by atoms with van der Waals surface area (Å²) < 4.78 is 63.7. The van der Waals surface area contributed by atoms with Crippen molar-refractivity contribution in [2.45, 2.75) is 197 Å². The van der Waals surface area contributed by atoms with E-state index in [1.54, 1.807) is 46.3 Å². The highest BCUT2D eigenvalue weighted by molar-refractivity contribution is 6.18. The third-order valence-electron chi connectivity index (χ3n) is 17.2. The number of ether oxygens (including phenoxy) is 10. The molecule has 1 aromatic rings. The van der Waals surface area contributed by atoms with Crippen LogP contribution in [0.15, 0.2) is 126 Å². The van der Waals surface area contributed by atoms with Gasteiger partial charge in [-0.2, -0.15) is 0 Å². The average molecular weight is 1100 g/mol. The van der Waals surface area contributed by atoms with E-state index in [0.717, 1.165) is 17.6 Å². The molecule has 21 atom stereocenters. The lowest BCUT2D eigenvalue weighted by atomic mass is 9.71. The topological polar surface area (TPSA) is 204 Å². The number of ketones is 2. The number of rotatable bonds is 11. The second-order valence-corrected chi connectivity index (χ2v) is 22.8. The van der Waals surface area contributed by atoms with E-state index in [9.17, 15) is 29.7 Å². The predicted molar refractivity (Wildman–Crippen MR) is 294 cm³/mol. The quantitative estimate of drug-likeness (QED) is 0.109. The maximum atomic E-state index is 14.3. The molecule has 2 bridgehead atoms. The van der Waals surface area contributed by atoms with Gasteiger partial charge in [-0.25, -0.2) is 0 Å². The third kappa shape index (κ3) is 13.4. The Balaban J connectivity index is 0.000000410. The minimum atomic E-state index is -1.84. The molecule has 21 unspecified atom stereocenters. The van der Waals surface area contributed by atoms with E-state index < -0.39 is 90.8 Å². The predicted octanol–water partition coefficient (Wildman–Crippen LogP) is 7.97. The summed E-state index contributed by atoms with van der Waals surface area (Å²) in [5, 5.41) is 34.2. The number of fused-ring (bicyclic) bond motifs is 2. The molecule has 4 saturated heterocycles. The standard InChI is InChI=1S/C48H72O14.C15H12O2/c1-11-25(2)43-28(5)17-18-47(62-43)23-34-20-33(61-47)16-15-27(4)42(26(3)13-12-14-32-24-55-45-40(49)29(6)19-35(46(51)58-34)48(32,45)52)59-39-22-37(54-10)44(31(8)57-39)60-38-21-36(53-9)41(50)30(7)56-38;1-2-13(11-6-4-3-5-7-11)14-10-12(16)8-9-15(14)17/h12-15,17-19,25-26,28,30-31,33-45,49-50,52H,11,16,20-24H2,1-10H3;2-10,13H,1H2. The van der Waals surface area contributed by atoms with Crippen molar-refractivity contribution in [1.29, 1.82) is 0 Å². The van der Waals surface area contributed by atoms with Crippen molar-refractivity contribution in [2.24, 2.45) is 23.7 Å². The fourth-order valence-electron chi connectivity index (χ4n) is 12.4. The first-order valence-corrected chi connectivity index (χ1v) is 28.2. The van der Waals surface area contributed by atoms with Gasteiger partial charge < -0.3 is 62.7 Å². The molecule has 2 aliphatic carbocycles. The molecular formula is C63H84O16. The van der Waals surface area contributed by atoms with Crippen LogP contribution in [0.4, 0.5) is 0 Å². The summed E-state index contributed by atoms with van der Waals surface area (Å²) in [5.41, 5.74) is 1.58. The average Bonchev–Trinajstić information content (AvgIpc) is 4.08. The summed E-state index contributed by atoms with van der Waals surface area (Å²) >= 11 is 0. The minimum absolute atomic E-state index is 0.0317. The number of aliphatic hydroxyl groups excluding tert-OH is 2. The number of allylic oxidation sites excluding steroid dienone is 7. The minimum Gasteiger partial charge on any atom is -0.462 e. The zero-order valence-corrected chi connectivity index (χ0v) is 47.5. The van der Waals surface area contributed by atoms with Crippen LogP contribution in [-0.2, 0) is 61.8 Å². The lowest BCUT2D eigenvalue weighted by Crippen LogP contribution is -2.58. The highest BCUT2D eigenvalue weighted by Crippen LogP contribution is 2.47. The maximum absolute atomic E-state index is 14.3. The Labute approximate surface area is 466 Å². The second kappa shape index (κ2) is 26.2. The summed E-state index contributed by atoms with van der Waals surface area (Å²) in [6.07, 6.45) is 14.2. The molecule has 16 nitrogen and oxygen atoms in total. The summed E-state index contributed by atoms with van der Waals surface area (Å²) in [7, 11) is 3.22. The van der Waals surface area contributed by atoms with E-state index in [1.807, 2.05) is 62.4 Å². The SMILES string of the molecule is C=CC(C1=CC(=O)C=CC1=O)c1ccccc1.CCC(C)C1OC2(C=CC1C)CC1CC(CC=C(C)C(OC3CC(OC)C(OC4CC(OC)C(O)C(C)O4)C(C)O3)C(C)C=CC=C3COC4C(O)C(C)=CC(C(=O)O1)C34O)O2. The van der Waals surface area contributed by atoms with Crippen LogP contribution in [0.25, 0.3) is 0 Å². The molecule has 16 heteroatoms. The number of carbonyl (C=O) groups excluding carboxylic acids is 3. The zero-order chi connectivity index (χ0) is 56.9. The summed E-state index contributed by atoms with van der Waals surface area (Å²) in [4.78, 5) is 37.4. The molecule has 3 N–H and O–H groups in total. The number of carbonyl (C=O) groups is 3. The fraction of sp³-hybridized carbons (Fsp3) is 0.603. The second-order valence-electron chi connectivity index (χ2n) is 22.8. The Morgan fingerprint density at radius 1 is 0.861 bits per heavy atom. The summed E-state index contributed by atoms with van der Waals surface area (Å²) in [5.74, 6) is -3.07. The molecule has 432 valence electrons. The van der Waals surface area contributed by atoms with E-state index in [-0.39, 0.29) is 60.2 Å². The van der Waals surface area contributed by atoms with Gasteiger partial charge in [0, 0.05) is 63.2 Å².